The maximum absolute atomic E-state index is 12.9. The molecule has 0 aliphatic heterocycles. The van der Waals surface area contributed by atoms with E-state index >= 15 is 0 Å². The summed E-state index contributed by atoms with van der Waals surface area (Å²) in [4.78, 5) is 12.9. The van der Waals surface area contributed by atoms with Crippen LogP contribution in [0.3, 0.4) is 0 Å². The molecule has 0 unspecified atom stereocenters. The molecule has 1 amide bonds. The van der Waals surface area contributed by atoms with Crippen LogP contribution in [0.1, 0.15) is 36.0 Å². The number of nitrogens with zero attached hydrogens (tertiary/aromatic N) is 4. The van der Waals surface area contributed by atoms with Crippen LogP contribution in [0, 0.1) is 0 Å². The van der Waals surface area contributed by atoms with Gasteiger partial charge in [-0.25, -0.2) is 4.52 Å². The summed E-state index contributed by atoms with van der Waals surface area (Å²) in [6.45, 7) is -0.0553. The Balaban J connectivity index is 1.73. The Kier molecular flexibility index (Phi) is 4.35. The number of aliphatic hydroxyl groups is 1. The number of amides is 1. The third-order valence-electron chi connectivity index (χ3n) is 5.32. The van der Waals surface area contributed by atoms with Gasteiger partial charge in [-0.1, -0.05) is 12.8 Å². The minimum Gasteiger partial charge on any atom is -0.494 e. The summed E-state index contributed by atoms with van der Waals surface area (Å²) < 4.78 is 8.92. The first-order valence-corrected chi connectivity index (χ1v) is 9.03. The third kappa shape index (κ3) is 3.06. The smallest absolute Gasteiger partial charge is 0.255 e. The molecule has 0 bridgehead atoms. The Morgan fingerprint density at radius 2 is 2.04 bits per heavy atom. The van der Waals surface area contributed by atoms with Crippen LogP contribution in [0.4, 0.5) is 0 Å². The lowest BCUT2D eigenvalue weighted by atomic mass is 9.98. The number of methoxy groups -OCH3 is 1. The van der Waals surface area contributed by atoms with Gasteiger partial charge in [0.1, 0.15) is 11.3 Å². The standard InChI is InChI=1S/C19H23N5O3/c1-23-10-14(8-20-23)13-7-16(27-2)17-15(9-21-24(17)11-13)18(26)22-19(12-25)5-3-4-6-19/h7-11,25H,3-6,12H2,1-2H3,(H,22,26). The van der Waals surface area contributed by atoms with Gasteiger partial charge in [-0.05, 0) is 18.9 Å². The van der Waals surface area contributed by atoms with Crippen LogP contribution in [0.5, 0.6) is 5.75 Å². The van der Waals surface area contributed by atoms with Gasteiger partial charge in [0.25, 0.3) is 5.91 Å². The summed E-state index contributed by atoms with van der Waals surface area (Å²) >= 11 is 0. The number of rotatable bonds is 5. The van der Waals surface area contributed by atoms with Gasteiger partial charge in [0.15, 0.2) is 0 Å². The van der Waals surface area contributed by atoms with Gasteiger partial charge in [0.2, 0.25) is 0 Å². The first-order valence-electron chi connectivity index (χ1n) is 9.03. The zero-order valence-electron chi connectivity index (χ0n) is 15.5. The van der Waals surface area contributed by atoms with Crippen LogP contribution in [0.15, 0.2) is 30.9 Å². The van der Waals surface area contributed by atoms with E-state index in [1.165, 1.54) is 0 Å². The van der Waals surface area contributed by atoms with Crippen LogP contribution >= 0.6 is 0 Å². The molecule has 1 saturated carbocycles. The number of nitrogens with one attached hydrogen (secondary N) is 1. The number of aryl methyl sites for hydroxylation is 1. The second-order valence-corrected chi connectivity index (χ2v) is 7.15. The van der Waals surface area contributed by atoms with Gasteiger partial charge < -0.3 is 15.2 Å². The van der Waals surface area contributed by atoms with Gasteiger partial charge in [-0.15, -0.1) is 0 Å². The highest BCUT2D eigenvalue weighted by atomic mass is 16.5. The molecular formula is C19H23N5O3. The molecule has 3 heterocycles. The predicted molar refractivity (Wildman–Crippen MR) is 99.7 cm³/mol. The van der Waals surface area contributed by atoms with Crippen molar-refractivity contribution in [3.05, 3.63) is 36.4 Å². The lowest BCUT2D eigenvalue weighted by molar-refractivity contribution is 0.0840. The minimum absolute atomic E-state index is 0.0553. The molecule has 8 heteroatoms. The van der Waals surface area contributed by atoms with E-state index in [0.717, 1.165) is 36.8 Å². The van der Waals surface area contributed by atoms with Crippen LogP contribution in [0.2, 0.25) is 0 Å². The largest absolute Gasteiger partial charge is 0.494 e. The Morgan fingerprint density at radius 1 is 1.26 bits per heavy atom. The predicted octanol–water partition coefficient (Wildman–Crippen LogP) is 1.78. The molecule has 0 radical (unpaired) electrons. The fourth-order valence-corrected chi connectivity index (χ4v) is 3.82. The van der Waals surface area contributed by atoms with E-state index in [-0.39, 0.29) is 12.5 Å². The maximum atomic E-state index is 12.9. The lowest BCUT2D eigenvalue weighted by Crippen LogP contribution is -2.49. The van der Waals surface area contributed by atoms with Crippen LogP contribution in [-0.2, 0) is 7.05 Å². The summed E-state index contributed by atoms with van der Waals surface area (Å²) in [5.74, 6) is 0.317. The fraction of sp³-hybridized carbons (Fsp3) is 0.421. The molecule has 142 valence electrons. The van der Waals surface area contributed by atoms with E-state index in [0.29, 0.717) is 16.8 Å². The molecule has 3 aromatic rings. The minimum atomic E-state index is -0.534. The maximum Gasteiger partial charge on any atom is 0.255 e. The van der Waals surface area contributed by atoms with E-state index in [1.807, 2.05) is 25.5 Å². The van der Waals surface area contributed by atoms with Gasteiger partial charge in [-0.3, -0.25) is 9.48 Å². The van der Waals surface area contributed by atoms with Crippen molar-refractivity contribution in [3.63, 3.8) is 0 Å². The number of aliphatic hydroxyl groups excluding tert-OH is 1. The number of hydrogen-bond donors (Lipinski definition) is 2. The van der Waals surface area contributed by atoms with Crippen molar-refractivity contribution in [2.24, 2.45) is 7.05 Å². The highest BCUT2D eigenvalue weighted by Crippen LogP contribution is 2.32. The zero-order valence-corrected chi connectivity index (χ0v) is 15.5. The summed E-state index contributed by atoms with van der Waals surface area (Å²) in [6.07, 6.45) is 10.7. The van der Waals surface area contributed by atoms with E-state index in [2.05, 4.69) is 15.5 Å². The van der Waals surface area contributed by atoms with Crippen molar-refractivity contribution in [2.75, 3.05) is 13.7 Å². The van der Waals surface area contributed by atoms with Crippen LogP contribution in [0.25, 0.3) is 16.6 Å². The number of fused-ring (bicyclic) bond motifs is 1. The molecule has 4 rings (SSSR count). The number of aromatic nitrogens is 4. The SMILES string of the molecule is COc1cc(-c2cnn(C)c2)cn2ncc(C(=O)NC3(CO)CCCC3)c12. The number of hydrogen-bond acceptors (Lipinski definition) is 5. The van der Waals surface area contributed by atoms with Gasteiger partial charge in [-0.2, -0.15) is 10.2 Å². The molecule has 8 nitrogen and oxygen atoms in total. The lowest BCUT2D eigenvalue weighted by Gasteiger charge is -2.27. The van der Waals surface area contributed by atoms with Crippen molar-refractivity contribution in [2.45, 2.75) is 31.2 Å². The second kappa shape index (κ2) is 6.70. The number of carbonyl (C=O) groups excluding carboxylic acids is 1. The van der Waals surface area contributed by atoms with E-state index in [1.54, 1.807) is 28.7 Å². The Hall–Kier alpha value is -2.87. The number of pyridine rings is 1. The van der Waals surface area contributed by atoms with Crippen molar-refractivity contribution in [1.82, 2.24) is 24.7 Å². The number of carbonyl (C=O) groups is 1. The fourth-order valence-electron chi connectivity index (χ4n) is 3.82. The molecule has 0 aromatic carbocycles. The Bertz CT molecular complexity index is 985. The summed E-state index contributed by atoms with van der Waals surface area (Å²) in [6, 6.07) is 1.88. The molecule has 2 N–H and O–H groups in total. The highest BCUT2D eigenvalue weighted by molar-refractivity contribution is 6.02. The second-order valence-electron chi connectivity index (χ2n) is 7.15. The molecule has 3 aromatic heterocycles. The quantitative estimate of drug-likeness (QED) is 0.715. The highest BCUT2D eigenvalue weighted by Gasteiger charge is 2.35. The molecule has 0 saturated heterocycles. The van der Waals surface area contributed by atoms with Crippen LogP contribution < -0.4 is 10.1 Å². The molecule has 1 fully saturated rings. The van der Waals surface area contributed by atoms with Crippen molar-refractivity contribution >= 4 is 11.4 Å². The molecule has 0 spiro atoms. The summed E-state index contributed by atoms with van der Waals surface area (Å²) in [7, 11) is 3.43. The van der Waals surface area contributed by atoms with Crippen molar-refractivity contribution in [3.8, 4) is 16.9 Å². The zero-order chi connectivity index (χ0) is 19.0. The Morgan fingerprint density at radius 3 is 2.67 bits per heavy atom. The summed E-state index contributed by atoms with van der Waals surface area (Å²) in [5.41, 5.74) is 2.33. The number of ether oxygens (including phenoxy) is 1. The molecule has 1 aliphatic rings. The Labute approximate surface area is 156 Å². The topological polar surface area (TPSA) is 93.7 Å². The first-order chi connectivity index (χ1) is 13.0. The normalized spacial score (nSPS) is 16.0. The van der Waals surface area contributed by atoms with E-state index in [4.69, 9.17) is 4.74 Å². The molecular weight excluding hydrogens is 346 g/mol. The van der Waals surface area contributed by atoms with E-state index < -0.39 is 5.54 Å². The molecule has 0 atom stereocenters. The molecule has 27 heavy (non-hydrogen) atoms. The average molecular weight is 369 g/mol. The average Bonchev–Trinajstić information content (AvgIpc) is 3.40. The van der Waals surface area contributed by atoms with Gasteiger partial charge >= 0.3 is 0 Å². The first kappa shape index (κ1) is 17.5. The van der Waals surface area contributed by atoms with E-state index in [9.17, 15) is 9.90 Å². The molecule has 1 aliphatic carbocycles. The van der Waals surface area contributed by atoms with Crippen LogP contribution in [-0.4, -0.2) is 49.7 Å². The third-order valence-corrected chi connectivity index (χ3v) is 5.32. The monoisotopic (exact) mass is 369 g/mol. The van der Waals surface area contributed by atoms with Gasteiger partial charge in [0, 0.05) is 30.6 Å². The van der Waals surface area contributed by atoms with Crippen molar-refractivity contribution < 1.29 is 14.6 Å². The van der Waals surface area contributed by atoms with Crippen molar-refractivity contribution in [1.29, 1.82) is 0 Å². The van der Waals surface area contributed by atoms with Gasteiger partial charge in [0.05, 0.1) is 37.2 Å². The summed E-state index contributed by atoms with van der Waals surface area (Å²) in [5, 5.41) is 21.3.